The first-order chi connectivity index (χ1) is 12.9. The molecule has 0 unspecified atom stereocenters. The van der Waals surface area contributed by atoms with Crippen LogP contribution in [0.25, 0.3) is 0 Å². The smallest absolute Gasteiger partial charge is 0.257 e. The number of fused-ring (bicyclic) bond motifs is 1. The molecule has 0 radical (unpaired) electrons. The van der Waals surface area contributed by atoms with E-state index in [0.717, 1.165) is 21.9 Å². The van der Waals surface area contributed by atoms with Gasteiger partial charge in [0.25, 0.3) is 5.91 Å². The van der Waals surface area contributed by atoms with Gasteiger partial charge < -0.3 is 25.1 Å². The van der Waals surface area contributed by atoms with E-state index >= 15 is 0 Å². The molecule has 1 aliphatic heterocycles. The van der Waals surface area contributed by atoms with Gasteiger partial charge in [-0.2, -0.15) is 0 Å². The van der Waals surface area contributed by atoms with Crippen LogP contribution in [0.5, 0.6) is 5.75 Å². The molecule has 3 N–H and O–H groups in total. The Morgan fingerprint density at radius 2 is 1.86 bits per heavy atom. The van der Waals surface area contributed by atoms with Gasteiger partial charge in [0, 0.05) is 13.1 Å². The van der Waals surface area contributed by atoms with Gasteiger partial charge in [-0.25, -0.2) is 0 Å². The van der Waals surface area contributed by atoms with Crippen LogP contribution >= 0.6 is 35.8 Å². The van der Waals surface area contributed by atoms with Crippen molar-refractivity contribution in [3.63, 3.8) is 0 Å². The lowest BCUT2D eigenvalue weighted by molar-refractivity contribution is -0.126. The highest BCUT2D eigenvalue weighted by Crippen LogP contribution is 2.48. The molecule has 0 saturated carbocycles. The molecule has 6 nitrogen and oxygen atoms in total. The number of carbonyl (C=O) groups excluding carboxylic acids is 1. The first kappa shape index (κ1) is 25.6. The number of hydrogen-bond acceptors (Lipinski definition) is 5. The minimum atomic E-state index is -1.17. The molecule has 9 heteroatoms. The molecule has 0 aliphatic carbocycles. The summed E-state index contributed by atoms with van der Waals surface area (Å²) in [6, 6.07) is 12.9. The zero-order valence-corrected chi connectivity index (χ0v) is 18.9. The van der Waals surface area contributed by atoms with Gasteiger partial charge in [-0.15, -0.1) is 24.2 Å². The van der Waals surface area contributed by atoms with E-state index < -0.39 is 11.4 Å². The predicted octanol–water partition coefficient (Wildman–Crippen LogP) is 3.05. The van der Waals surface area contributed by atoms with Crippen molar-refractivity contribution in [3.8, 4) is 5.75 Å². The number of rotatable bonds is 5. The average molecular weight is 461 g/mol. The van der Waals surface area contributed by atoms with Crippen molar-refractivity contribution in [1.29, 1.82) is 0 Å². The minimum absolute atomic E-state index is 0. The summed E-state index contributed by atoms with van der Waals surface area (Å²) in [5.41, 5.74) is 1.59. The van der Waals surface area contributed by atoms with Gasteiger partial charge in [-0.05, 0) is 43.9 Å². The molecule has 3 rings (SSSR count). The number of nitrogens with zero attached hydrogens (tertiary/aromatic N) is 2. The van der Waals surface area contributed by atoms with Crippen LogP contribution in [0.3, 0.4) is 0 Å². The number of methoxy groups -OCH3 is 1. The predicted molar refractivity (Wildman–Crippen MR) is 121 cm³/mol. The van der Waals surface area contributed by atoms with Crippen molar-refractivity contribution in [2.45, 2.75) is 16.2 Å². The molecule has 2 aromatic carbocycles. The lowest BCUT2D eigenvalue weighted by Gasteiger charge is -2.26. The lowest BCUT2D eigenvalue weighted by atomic mass is 10.1. The van der Waals surface area contributed by atoms with Gasteiger partial charge in [-0.1, -0.05) is 29.8 Å². The van der Waals surface area contributed by atoms with Crippen molar-refractivity contribution in [2.24, 2.45) is 0 Å². The summed E-state index contributed by atoms with van der Waals surface area (Å²) < 4.78 is 5.21. The number of aliphatic hydroxyl groups excluding tert-OH is 1. The van der Waals surface area contributed by atoms with E-state index in [1.165, 1.54) is 11.8 Å². The van der Waals surface area contributed by atoms with E-state index in [-0.39, 0.29) is 23.8 Å². The number of hydrogen-bond donors (Lipinski definition) is 1. The Balaban J connectivity index is 0.00000210. The third-order valence-electron chi connectivity index (χ3n) is 4.50. The Morgan fingerprint density at radius 3 is 2.45 bits per heavy atom. The molecule has 0 bridgehead atoms. The van der Waals surface area contributed by atoms with Crippen LogP contribution in [0.15, 0.2) is 47.4 Å². The molecule has 2 atom stereocenters. The first-order valence-corrected chi connectivity index (χ1v) is 9.91. The highest BCUT2D eigenvalue weighted by molar-refractivity contribution is 8.00. The zero-order chi connectivity index (χ0) is 19.6. The van der Waals surface area contributed by atoms with E-state index in [1.54, 1.807) is 12.0 Å². The molecular weight excluding hydrogens is 435 g/mol. The van der Waals surface area contributed by atoms with Gasteiger partial charge in [0.1, 0.15) is 11.9 Å². The van der Waals surface area contributed by atoms with Crippen molar-refractivity contribution >= 4 is 47.4 Å². The fourth-order valence-electron chi connectivity index (χ4n) is 3.00. The number of carbonyl (C=O) groups is 1. The number of aliphatic hydroxyl groups is 1. The van der Waals surface area contributed by atoms with E-state index in [0.29, 0.717) is 18.1 Å². The van der Waals surface area contributed by atoms with Crippen LogP contribution in [0, 0.1) is 0 Å². The van der Waals surface area contributed by atoms with E-state index in [9.17, 15) is 9.90 Å². The zero-order valence-electron chi connectivity index (χ0n) is 16.5. The van der Waals surface area contributed by atoms with Crippen molar-refractivity contribution in [3.05, 3.63) is 53.1 Å². The van der Waals surface area contributed by atoms with E-state index in [2.05, 4.69) is 0 Å². The summed E-state index contributed by atoms with van der Waals surface area (Å²) in [6.07, 6.45) is -1.17. The molecule has 0 saturated heterocycles. The average Bonchev–Trinajstić information content (AvgIpc) is 2.76. The van der Waals surface area contributed by atoms with Crippen LogP contribution < -0.4 is 9.64 Å². The van der Waals surface area contributed by atoms with Crippen LogP contribution in [0.2, 0.25) is 5.02 Å². The normalized spacial score (nSPS) is 18.4. The third kappa shape index (κ3) is 5.57. The topological polar surface area (TPSA) is 84.5 Å². The number of thioether (sulfide) groups is 1. The van der Waals surface area contributed by atoms with Crippen molar-refractivity contribution < 1.29 is 20.1 Å². The first-order valence-electron chi connectivity index (χ1n) is 8.65. The number of anilines is 1. The van der Waals surface area contributed by atoms with Crippen molar-refractivity contribution in [2.75, 3.05) is 39.2 Å². The van der Waals surface area contributed by atoms with Crippen LogP contribution in [-0.2, 0) is 4.79 Å². The fraction of sp³-hybridized carbons (Fsp3) is 0.350. The maximum atomic E-state index is 13.1. The maximum Gasteiger partial charge on any atom is 0.257 e. The Morgan fingerprint density at radius 1 is 1.21 bits per heavy atom. The van der Waals surface area contributed by atoms with Crippen LogP contribution in [0.1, 0.15) is 10.8 Å². The monoisotopic (exact) mass is 460 g/mol. The Labute approximate surface area is 186 Å². The number of halogens is 2. The molecule has 0 aromatic heterocycles. The highest BCUT2D eigenvalue weighted by atomic mass is 35.5. The Kier molecular flexibility index (Phi) is 9.75. The SMILES string of the molecule is COc1ccc([C@H]2Sc3c(Cl)cccc3N(CCN(C)C)C(=O)[C@H]2O)cc1.Cl.O. The van der Waals surface area contributed by atoms with Gasteiger partial charge >= 0.3 is 0 Å². The van der Waals surface area contributed by atoms with Crippen LogP contribution in [0.4, 0.5) is 5.69 Å². The van der Waals surface area contributed by atoms with Crippen molar-refractivity contribution in [1.82, 2.24) is 4.90 Å². The molecule has 2 aromatic rings. The minimum Gasteiger partial charge on any atom is -0.497 e. The van der Waals surface area contributed by atoms with Gasteiger partial charge in [0.2, 0.25) is 0 Å². The lowest BCUT2D eigenvalue weighted by Crippen LogP contribution is -2.43. The molecule has 0 fully saturated rings. The maximum absolute atomic E-state index is 13.1. The molecule has 1 heterocycles. The number of ether oxygens (including phenoxy) is 1. The molecule has 0 spiro atoms. The van der Waals surface area contributed by atoms with Crippen LogP contribution in [-0.4, -0.2) is 61.8 Å². The highest BCUT2D eigenvalue weighted by Gasteiger charge is 2.38. The summed E-state index contributed by atoms with van der Waals surface area (Å²) in [6.45, 7) is 1.16. The van der Waals surface area contributed by atoms with Gasteiger partial charge in [0.05, 0.1) is 28.0 Å². The number of likely N-dealkylation sites (N-methyl/N-ethyl adjacent to an activating group) is 1. The van der Waals surface area contributed by atoms with E-state index in [1.807, 2.05) is 61.5 Å². The summed E-state index contributed by atoms with van der Waals surface area (Å²) in [5.74, 6) is 0.412. The second-order valence-electron chi connectivity index (χ2n) is 6.64. The molecule has 1 amide bonds. The molecular formula is C20H26Cl2N2O4S. The summed E-state index contributed by atoms with van der Waals surface area (Å²) in [4.78, 5) is 17.6. The molecule has 1 aliphatic rings. The second kappa shape index (κ2) is 11.1. The summed E-state index contributed by atoms with van der Waals surface area (Å²) >= 11 is 7.89. The number of amides is 1. The Hall–Kier alpha value is -1.48. The number of benzene rings is 2. The quantitative estimate of drug-likeness (QED) is 0.740. The third-order valence-corrected chi connectivity index (χ3v) is 6.38. The van der Waals surface area contributed by atoms with Gasteiger partial charge in [-0.3, -0.25) is 4.79 Å². The van der Waals surface area contributed by atoms with Gasteiger partial charge in [0.15, 0.2) is 0 Å². The molecule has 160 valence electrons. The summed E-state index contributed by atoms with van der Waals surface area (Å²) in [7, 11) is 5.51. The van der Waals surface area contributed by atoms with E-state index in [4.69, 9.17) is 16.3 Å². The largest absolute Gasteiger partial charge is 0.497 e. The Bertz CT molecular complexity index is 821. The fourth-order valence-corrected chi connectivity index (χ4v) is 4.58. The summed E-state index contributed by atoms with van der Waals surface area (Å²) in [5, 5.41) is 11.0. The second-order valence-corrected chi connectivity index (χ2v) is 8.20. The molecule has 29 heavy (non-hydrogen) atoms. The standard InChI is InChI=1S/C20H23ClN2O3S.ClH.H2O/c1-22(2)11-12-23-16-6-4-5-15(21)19(16)27-18(17(24)20(23)25)13-7-9-14(26-3)10-8-13;;/h4-10,17-18,24H,11-12H2,1-3H3;1H;1H2/t17-,18+;;/m0../s1.